The summed E-state index contributed by atoms with van der Waals surface area (Å²) in [6, 6.07) is 5.31. The van der Waals surface area contributed by atoms with Crippen molar-refractivity contribution in [1.29, 1.82) is 0 Å². The van der Waals surface area contributed by atoms with Crippen molar-refractivity contribution in [3.63, 3.8) is 0 Å². The van der Waals surface area contributed by atoms with Crippen molar-refractivity contribution >= 4 is 21.9 Å². The normalized spacial score (nSPS) is 12.2. The fourth-order valence-corrected chi connectivity index (χ4v) is 1.97. The summed E-state index contributed by atoms with van der Waals surface area (Å²) >= 11 is 3.43. The Hall–Kier alpha value is -0.910. The van der Waals surface area contributed by atoms with Gasteiger partial charge in [-0.1, -0.05) is 22.0 Å². The van der Waals surface area contributed by atoms with Crippen molar-refractivity contribution in [1.82, 2.24) is 0 Å². The summed E-state index contributed by atoms with van der Waals surface area (Å²) in [6.45, 7) is 5.65. The molecule has 0 aliphatic rings. The fourth-order valence-electron chi connectivity index (χ4n) is 1.47. The average Bonchev–Trinajstić information content (AvgIpc) is 2.42. The minimum absolute atomic E-state index is 0.0344. The Morgan fingerprint density at radius 2 is 2.16 bits per heavy atom. The highest BCUT2D eigenvalue weighted by atomic mass is 79.9. The van der Waals surface area contributed by atoms with E-state index < -0.39 is 0 Å². The third kappa shape index (κ3) is 5.30. The Balaban J connectivity index is 2.57. The number of halogens is 1. The third-order valence-electron chi connectivity index (χ3n) is 2.55. The maximum atomic E-state index is 11.4. The van der Waals surface area contributed by atoms with E-state index in [0.29, 0.717) is 25.4 Å². The van der Waals surface area contributed by atoms with Crippen molar-refractivity contribution in [3.8, 4) is 0 Å². The second kappa shape index (κ2) is 8.30. The molecule has 0 amide bonds. The lowest BCUT2D eigenvalue weighted by Crippen LogP contribution is -2.16. The van der Waals surface area contributed by atoms with E-state index in [1.165, 1.54) is 7.11 Å². The van der Waals surface area contributed by atoms with Crippen molar-refractivity contribution in [2.24, 2.45) is 0 Å². The molecule has 0 bridgehead atoms. The van der Waals surface area contributed by atoms with E-state index in [0.717, 1.165) is 10.0 Å². The number of rotatable bonds is 7. The molecule has 0 aliphatic carbocycles. The first-order valence-corrected chi connectivity index (χ1v) is 6.93. The third-order valence-corrected chi connectivity index (χ3v) is 3.29. The summed E-state index contributed by atoms with van der Waals surface area (Å²) in [5, 5.41) is 0. The first kappa shape index (κ1) is 16.1. The van der Waals surface area contributed by atoms with Crippen LogP contribution in [0, 0.1) is 0 Å². The van der Waals surface area contributed by atoms with Crippen LogP contribution in [0.4, 0.5) is 0 Å². The second-order valence-corrected chi connectivity index (χ2v) is 4.93. The lowest BCUT2D eigenvalue weighted by molar-refractivity contribution is -0.0118. The molecule has 0 heterocycles. The molecule has 0 aliphatic heterocycles. The van der Waals surface area contributed by atoms with Crippen LogP contribution < -0.4 is 0 Å². The summed E-state index contributed by atoms with van der Waals surface area (Å²) in [4.78, 5) is 11.4. The van der Waals surface area contributed by atoms with Crippen LogP contribution in [0.25, 0.3) is 0 Å². The highest BCUT2D eigenvalue weighted by Crippen LogP contribution is 2.20. The number of methoxy groups -OCH3 is 1. The van der Waals surface area contributed by atoms with E-state index >= 15 is 0 Å². The number of hydrogen-bond donors (Lipinski definition) is 0. The number of carbonyl (C=O) groups excluding carboxylic acids is 1. The average molecular weight is 331 g/mol. The first-order chi connectivity index (χ1) is 9.08. The standard InChI is InChI=1S/C14H19BrO4/c1-4-18-8-10(2)19-9-12-6-5-11(7-13(12)15)14(16)17-3/h5-7,10H,4,8-9H2,1-3H3. The fraction of sp³-hybridized carbons (Fsp3) is 0.500. The molecule has 1 aromatic carbocycles. The molecule has 106 valence electrons. The Morgan fingerprint density at radius 1 is 1.42 bits per heavy atom. The summed E-state index contributed by atoms with van der Waals surface area (Å²) in [5.41, 5.74) is 1.50. The molecule has 0 saturated heterocycles. The zero-order chi connectivity index (χ0) is 14.3. The van der Waals surface area contributed by atoms with Crippen LogP contribution in [0.1, 0.15) is 29.8 Å². The van der Waals surface area contributed by atoms with E-state index in [4.69, 9.17) is 9.47 Å². The lowest BCUT2D eigenvalue weighted by Gasteiger charge is -2.14. The molecular formula is C14H19BrO4. The van der Waals surface area contributed by atoms with E-state index in [1.807, 2.05) is 19.9 Å². The minimum Gasteiger partial charge on any atom is -0.465 e. The summed E-state index contributed by atoms with van der Waals surface area (Å²) in [6.07, 6.45) is 0.0344. The number of benzene rings is 1. The quantitative estimate of drug-likeness (QED) is 0.720. The molecule has 0 saturated carbocycles. The van der Waals surface area contributed by atoms with Crippen molar-refractivity contribution in [3.05, 3.63) is 33.8 Å². The molecule has 4 nitrogen and oxygen atoms in total. The van der Waals surface area contributed by atoms with Crippen LogP contribution >= 0.6 is 15.9 Å². The van der Waals surface area contributed by atoms with Gasteiger partial charge >= 0.3 is 5.97 Å². The highest BCUT2D eigenvalue weighted by Gasteiger charge is 2.09. The Morgan fingerprint density at radius 3 is 2.74 bits per heavy atom. The predicted octanol–water partition coefficient (Wildman–Crippen LogP) is 3.18. The molecule has 1 aromatic rings. The van der Waals surface area contributed by atoms with Gasteiger partial charge in [0.1, 0.15) is 0 Å². The summed E-state index contributed by atoms with van der Waals surface area (Å²) < 4.78 is 16.4. The molecule has 0 N–H and O–H groups in total. The van der Waals surface area contributed by atoms with Crippen molar-refractivity contribution in [2.45, 2.75) is 26.6 Å². The van der Waals surface area contributed by atoms with Crippen LogP contribution in [0.3, 0.4) is 0 Å². The van der Waals surface area contributed by atoms with Gasteiger partial charge in [0.05, 0.1) is 32.0 Å². The van der Waals surface area contributed by atoms with Crippen LogP contribution in [-0.4, -0.2) is 32.4 Å². The van der Waals surface area contributed by atoms with Gasteiger partial charge in [0.2, 0.25) is 0 Å². The number of carbonyl (C=O) groups is 1. The number of ether oxygens (including phenoxy) is 3. The number of esters is 1. The number of hydrogen-bond acceptors (Lipinski definition) is 4. The Bertz CT molecular complexity index is 420. The maximum Gasteiger partial charge on any atom is 0.337 e. The molecule has 0 fully saturated rings. The van der Waals surface area contributed by atoms with Gasteiger partial charge in [0.15, 0.2) is 0 Å². The first-order valence-electron chi connectivity index (χ1n) is 6.14. The zero-order valence-corrected chi connectivity index (χ0v) is 13.0. The molecule has 1 unspecified atom stereocenters. The van der Waals surface area contributed by atoms with Gasteiger partial charge in [-0.3, -0.25) is 0 Å². The molecule has 0 aromatic heterocycles. The molecular weight excluding hydrogens is 312 g/mol. The van der Waals surface area contributed by atoms with Gasteiger partial charge in [0, 0.05) is 11.1 Å². The molecule has 19 heavy (non-hydrogen) atoms. The van der Waals surface area contributed by atoms with Gasteiger partial charge in [-0.25, -0.2) is 4.79 Å². The predicted molar refractivity (Wildman–Crippen MR) is 76.2 cm³/mol. The van der Waals surface area contributed by atoms with E-state index in [2.05, 4.69) is 20.7 Å². The SMILES string of the molecule is CCOCC(C)OCc1ccc(C(=O)OC)cc1Br. The Kier molecular flexibility index (Phi) is 7.05. The van der Waals surface area contributed by atoms with Gasteiger partial charge in [-0.15, -0.1) is 0 Å². The molecule has 0 radical (unpaired) electrons. The monoisotopic (exact) mass is 330 g/mol. The van der Waals surface area contributed by atoms with Crippen LogP contribution in [0.5, 0.6) is 0 Å². The van der Waals surface area contributed by atoms with Crippen LogP contribution in [-0.2, 0) is 20.8 Å². The van der Waals surface area contributed by atoms with Crippen LogP contribution in [0.15, 0.2) is 22.7 Å². The largest absolute Gasteiger partial charge is 0.465 e. The van der Waals surface area contributed by atoms with E-state index in [1.54, 1.807) is 12.1 Å². The lowest BCUT2D eigenvalue weighted by atomic mass is 10.1. The topological polar surface area (TPSA) is 44.8 Å². The zero-order valence-electron chi connectivity index (χ0n) is 11.4. The summed E-state index contributed by atoms with van der Waals surface area (Å²) in [5.74, 6) is -0.349. The van der Waals surface area contributed by atoms with Crippen molar-refractivity contribution < 1.29 is 19.0 Å². The smallest absolute Gasteiger partial charge is 0.337 e. The molecule has 1 rings (SSSR count). The van der Waals surface area contributed by atoms with E-state index in [9.17, 15) is 4.79 Å². The van der Waals surface area contributed by atoms with Crippen molar-refractivity contribution in [2.75, 3.05) is 20.3 Å². The van der Waals surface area contributed by atoms with Gasteiger partial charge in [0.25, 0.3) is 0 Å². The highest BCUT2D eigenvalue weighted by molar-refractivity contribution is 9.10. The van der Waals surface area contributed by atoms with E-state index in [-0.39, 0.29) is 12.1 Å². The van der Waals surface area contributed by atoms with Gasteiger partial charge < -0.3 is 14.2 Å². The molecule has 0 spiro atoms. The Labute approximate surface area is 122 Å². The van der Waals surface area contributed by atoms with Gasteiger partial charge in [-0.2, -0.15) is 0 Å². The molecule has 1 atom stereocenters. The minimum atomic E-state index is -0.349. The van der Waals surface area contributed by atoms with Gasteiger partial charge in [-0.05, 0) is 31.5 Å². The molecule has 5 heteroatoms. The second-order valence-electron chi connectivity index (χ2n) is 4.08. The van der Waals surface area contributed by atoms with Crippen LogP contribution in [0.2, 0.25) is 0 Å². The summed E-state index contributed by atoms with van der Waals surface area (Å²) in [7, 11) is 1.36. The maximum absolute atomic E-state index is 11.4.